The summed E-state index contributed by atoms with van der Waals surface area (Å²) in [4.78, 5) is 52.4. The number of carbonyl (C=O) groups is 4. The van der Waals surface area contributed by atoms with Crippen molar-refractivity contribution in [1.29, 1.82) is 0 Å². The number of rotatable bonds is 9. The molecule has 0 aliphatic heterocycles. The SMILES string of the molecule is CCOC(=O)CNC(=O)[C@@H](c1cccs1)N(C(=O)c1snc(C(N)=O)c1N)c1cccc(C)c1. The number of ether oxygens (including phenoxy) is 1. The second kappa shape index (κ2) is 10.9. The first-order valence-electron chi connectivity index (χ1n) is 10.2. The van der Waals surface area contributed by atoms with Crippen molar-refractivity contribution in [2.24, 2.45) is 5.73 Å². The summed E-state index contributed by atoms with van der Waals surface area (Å²) < 4.78 is 8.80. The number of hydrogen-bond acceptors (Lipinski definition) is 9. The molecule has 0 aliphatic carbocycles. The Morgan fingerprint density at radius 3 is 2.56 bits per heavy atom. The minimum absolute atomic E-state index is 0.0324. The van der Waals surface area contributed by atoms with E-state index in [4.69, 9.17) is 16.2 Å². The van der Waals surface area contributed by atoms with E-state index in [-0.39, 0.29) is 29.4 Å². The quantitative estimate of drug-likeness (QED) is 0.379. The Morgan fingerprint density at radius 2 is 1.97 bits per heavy atom. The molecule has 3 rings (SSSR count). The molecule has 0 unspecified atom stereocenters. The number of aromatic nitrogens is 1. The van der Waals surface area contributed by atoms with Crippen molar-refractivity contribution in [3.8, 4) is 0 Å². The summed E-state index contributed by atoms with van der Waals surface area (Å²) in [6.07, 6.45) is 0. The molecule has 1 atom stereocenters. The van der Waals surface area contributed by atoms with Crippen LogP contribution in [0.15, 0.2) is 41.8 Å². The van der Waals surface area contributed by atoms with Crippen LogP contribution in [0.3, 0.4) is 0 Å². The van der Waals surface area contributed by atoms with Crippen LogP contribution >= 0.6 is 22.9 Å². The second-order valence-electron chi connectivity index (χ2n) is 7.09. The van der Waals surface area contributed by atoms with Crippen LogP contribution in [-0.4, -0.2) is 41.2 Å². The van der Waals surface area contributed by atoms with E-state index in [1.807, 2.05) is 13.0 Å². The number of amides is 3. The standard InChI is InChI=1S/C22H23N5O5S2/c1-3-32-15(28)11-25-21(30)18(14-8-5-9-33-14)27(13-7-4-6-12(2)10-13)22(31)19-16(23)17(20(24)29)26-34-19/h4-10,18H,3,11,23H2,1-2H3,(H2,24,29)(H,25,30)/t18-/m1/s1. The Bertz CT molecular complexity index is 1210. The van der Waals surface area contributed by atoms with Crippen molar-refractivity contribution < 1.29 is 23.9 Å². The molecule has 3 amide bonds. The molecule has 0 saturated heterocycles. The lowest BCUT2D eigenvalue weighted by atomic mass is 10.1. The number of nitrogens with two attached hydrogens (primary N) is 2. The highest BCUT2D eigenvalue weighted by atomic mass is 32.1. The number of carbonyl (C=O) groups excluding carboxylic acids is 4. The number of aryl methyl sites for hydroxylation is 1. The molecule has 2 aromatic heterocycles. The van der Waals surface area contributed by atoms with Gasteiger partial charge in [0, 0.05) is 10.6 Å². The smallest absolute Gasteiger partial charge is 0.325 e. The van der Waals surface area contributed by atoms with Gasteiger partial charge in [0.2, 0.25) is 5.91 Å². The molecule has 3 aromatic rings. The molecule has 0 saturated carbocycles. The van der Waals surface area contributed by atoms with Gasteiger partial charge in [0.15, 0.2) is 11.7 Å². The second-order valence-corrected chi connectivity index (χ2v) is 8.85. The van der Waals surface area contributed by atoms with Crippen LogP contribution in [0.2, 0.25) is 0 Å². The topological polar surface area (TPSA) is 158 Å². The molecule has 0 radical (unpaired) electrons. The summed E-state index contributed by atoms with van der Waals surface area (Å²) in [6, 6.07) is 9.33. The minimum Gasteiger partial charge on any atom is -0.465 e. The molecule has 1 aromatic carbocycles. The first kappa shape index (κ1) is 24.9. The Kier molecular flexibility index (Phi) is 7.97. The molecule has 0 aliphatic rings. The van der Waals surface area contributed by atoms with Crippen LogP contribution in [0.5, 0.6) is 0 Å². The van der Waals surface area contributed by atoms with Gasteiger partial charge in [-0.15, -0.1) is 11.3 Å². The molecule has 178 valence electrons. The molecule has 0 spiro atoms. The summed E-state index contributed by atoms with van der Waals surface area (Å²) in [5.74, 6) is -2.70. The molecular formula is C22H23N5O5S2. The summed E-state index contributed by atoms with van der Waals surface area (Å²) in [6.45, 7) is 3.31. The van der Waals surface area contributed by atoms with Crippen molar-refractivity contribution >= 4 is 57.9 Å². The van der Waals surface area contributed by atoms with Crippen LogP contribution in [0, 0.1) is 6.92 Å². The molecule has 5 N–H and O–H groups in total. The maximum absolute atomic E-state index is 13.8. The van der Waals surface area contributed by atoms with Gasteiger partial charge >= 0.3 is 5.97 Å². The maximum atomic E-state index is 13.8. The number of nitrogen functional groups attached to an aromatic ring is 1. The lowest BCUT2D eigenvalue weighted by Crippen LogP contribution is -2.45. The Balaban J connectivity index is 2.10. The van der Waals surface area contributed by atoms with E-state index in [0.717, 1.165) is 17.1 Å². The zero-order valence-electron chi connectivity index (χ0n) is 18.4. The summed E-state index contributed by atoms with van der Waals surface area (Å²) in [5.41, 5.74) is 12.2. The van der Waals surface area contributed by atoms with Crippen molar-refractivity contribution in [3.05, 3.63) is 62.8 Å². The van der Waals surface area contributed by atoms with E-state index in [1.54, 1.807) is 42.6 Å². The number of primary amides is 1. The summed E-state index contributed by atoms with van der Waals surface area (Å²) in [5, 5.41) is 4.32. The van der Waals surface area contributed by atoms with Crippen LogP contribution in [0.4, 0.5) is 11.4 Å². The van der Waals surface area contributed by atoms with Gasteiger partial charge in [0.05, 0.1) is 12.3 Å². The number of benzene rings is 1. The predicted molar refractivity (Wildman–Crippen MR) is 130 cm³/mol. The van der Waals surface area contributed by atoms with Crippen LogP contribution < -0.4 is 21.7 Å². The van der Waals surface area contributed by atoms with Gasteiger partial charge in [-0.3, -0.25) is 24.1 Å². The van der Waals surface area contributed by atoms with Crippen molar-refractivity contribution in [1.82, 2.24) is 9.69 Å². The normalized spacial score (nSPS) is 11.5. The summed E-state index contributed by atoms with van der Waals surface area (Å²) >= 11 is 1.99. The van der Waals surface area contributed by atoms with E-state index >= 15 is 0 Å². The third-order valence-electron chi connectivity index (χ3n) is 4.69. The van der Waals surface area contributed by atoms with Crippen molar-refractivity contribution in [2.45, 2.75) is 19.9 Å². The van der Waals surface area contributed by atoms with Gasteiger partial charge in [0.1, 0.15) is 11.4 Å². The zero-order valence-corrected chi connectivity index (χ0v) is 20.1. The molecule has 2 heterocycles. The number of nitrogens with zero attached hydrogens (tertiary/aromatic N) is 2. The van der Waals surface area contributed by atoms with E-state index in [9.17, 15) is 19.2 Å². The molecular weight excluding hydrogens is 478 g/mol. The number of hydrogen-bond donors (Lipinski definition) is 3. The van der Waals surface area contributed by atoms with Crippen LogP contribution in [0.1, 0.15) is 43.6 Å². The number of esters is 1. The first-order chi connectivity index (χ1) is 16.2. The van der Waals surface area contributed by atoms with Gasteiger partial charge in [-0.05, 0) is 54.5 Å². The summed E-state index contributed by atoms with van der Waals surface area (Å²) in [7, 11) is 0. The Morgan fingerprint density at radius 1 is 1.21 bits per heavy atom. The highest BCUT2D eigenvalue weighted by Gasteiger charge is 2.36. The lowest BCUT2D eigenvalue weighted by Gasteiger charge is -2.30. The van der Waals surface area contributed by atoms with Crippen LogP contribution in [-0.2, 0) is 14.3 Å². The van der Waals surface area contributed by atoms with Crippen molar-refractivity contribution in [2.75, 3.05) is 23.8 Å². The minimum atomic E-state index is -1.14. The van der Waals surface area contributed by atoms with Gasteiger partial charge in [-0.25, -0.2) is 0 Å². The fraction of sp³-hybridized carbons (Fsp3) is 0.227. The van der Waals surface area contributed by atoms with Gasteiger partial charge in [-0.1, -0.05) is 18.2 Å². The lowest BCUT2D eigenvalue weighted by molar-refractivity contribution is -0.143. The Hall–Kier alpha value is -3.77. The first-order valence-corrected chi connectivity index (χ1v) is 11.8. The van der Waals surface area contributed by atoms with E-state index in [2.05, 4.69) is 9.69 Å². The molecule has 12 heteroatoms. The average molecular weight is 502 g/mol. The highest BCUT2D eigenvalue weighted by Crippen LogP contribution is 2.34. The highest BCUT2D eigenvalue weighted by molar-refractivity contribution is 7.10. The maximum Gasteiger partial charge on any atom is 0.325 e. The zero-order chi connectivity index (χ0) is 24.8. The molecule has 10 nitrogen and oxygen atoms in total. The van der Waals surface area contributed by atoms with Gasteiger partial charge < -0.3 is 21.5 Å². The average Bonchev–Trinajstić information content (AvgIpc) is 3.45. The predicted octanol–water partition coefficient (Wildman–Crippen LogP) is 2.26. The largest absolute Gasteiger partial charge is 0.465 e. The fourth-order valence-corrected chi connectivity index (χ4v) is 4.74. The molecule has 34 heavy (non-hydrogen) atoms. The van der Waals surface area contributed by atoms with E-state index in [0.29, 0.717) is 10.6 Å². The van der Waals surface area contributed by atoms with E-state index < -0.39 is 29.7 Å². The third-order valence-corrected chi connectivity index (χ3v) is 6.46. The number of nitrogens with one attached hydrogen (secondary N) is 1. The molecule has 0 bridgehead atoms. The van der Waals surface area contributed by atoms with Crippen LogP contribution in [0.25, 0.3) is 0 Å². The van der Waals surface area contributed by atoms with Gasteiger partial charge in [0.25, 0.3) is 11.8 Å². The van der Waals surface area contributed by atoms with Gasteiger partial charge in [-0.2, -0.15) is 4.37 Å². The molecule has 0 fully saturated rings. The Labute approximate surface area is 203 Å². The fourth-order valence-electron chi connectivity index (χ4n) is 3.19. The monoisotopic (exact) mass is 501 g/mol. The van der Waals surface area contributed by atoms with Crippen molar-refractivity contribution in [3.63, 3.8) is 0 Å². The number of thiophene rings is 1. The number of anilines is 2. The third kappa shape index (κ3) is 5.41. The van der Waals surface area contributed by atoms with E-state index in [1.165, 1.54) is 16.2 Å².